The second kappa shape index (κ2) is 9.65. The number of ether oxygens (including phenoxy) is 2. The van der Waals surface area contributed by atoms with E-state index in [0.29, 0.717) is 19.1 Å². The second-order valence-corrected chi connectivity index (χ2v) is 7.47. The van der Waals surface area contributed by atoms with Gasteiger partial charge in [-0.25, -0.2) is 0 Å². The molecular weight excluding hydrogens is 366 g/mol. The van der Waals surface area contributed by atoms with Crippen molar-refractivity contribution in [2.24, 2.45) is 0 Å². The standard InChI is InChI=1S/C23H31N3O3/c1-5-25(14-18-7-12-21-22(13-18)29-16-28-21)15-23(27)24-19-8-10-20(11-9-19)26(6-2)17(3)4/h7-13,17H,5-6,14-16H2,1-4H3,(H,24,27). The third-order valence-electron chi connectivity index (χ3n) is 5.10. The van der Waals surface area contributed by atoms with Crippen LogP contribution in [0.25, 0.3) is 0 Å². The van der Waals surface area contributed by atoms with Crippen LogP contribution in [0.4, 0.5) is 11.4 Å². The van der Waals surface area contributed by atoms with Crippen molar-refractivity contribution in [3.63, 3.8) is 0 Å². The van der Waals surface area contributed by atoms with E-state index in [1.807, 2.05) is 30.3 Å². The summed E-state index contributed by atoms with van der Waals surface area (Å²) >= 11 is 0. The molecule has 0 bridgehead atoms. The zero-order chi connectivity index (χ0) is 20.8. The highest BCUT2D eigenvalue weighted by Gasteiger charge is 2.16. The van der Waals surface area contributed by atoms with Crippen molar-refractivity contribution in [2.45, 2.75) is 40.3 Å². The Hall–Kier alpha value is -2.73. The molecule has 0 saturated carbocycles. The minimum Gasteiger partial charge on any atom is -0.454 e. The first-order valence-corrected chi connectivity index (χ1v) is 10.3. The maximum Gasteiger partial charge on any atom is 0.238 e. The molecule has 6 heteroatoms. The summed E-state index contributed by atoms with van der Waals surface area (Å²) in [4.78, 5) is 16.9. The smallest absolute Gasteiger partial charge is 0.238 e. The molecule has 2 aromatic carbocycles. The minimum absolute atomic E-state index is 0.0171. The fourth-order valence-electron chi connectivity index (χ4n) is 3.56. The Morgan fingerprint density at radius 1 is 1.03 bits per heavy atom. The largest absolute Gasteiger partial charge is 0.454 e. The van der Waals surface area contributed by atoms with E-state index in [-0.39, 0.29) is 12.7 Å². The van der Waals surface area contributed by atoms with E-state index >= 15 is 0 Å². The number of nitrogens with zero attached hydrogens (tertiary/aromatic N) is 2. The molecule has 0 unspecified atom stereocenters. The van der Waals surface area contributed by atoms with Crippen LogP contribution < -0.4 is 19.7 Å². The number of hydrogen-bond acceptors (Lipinski definition) is 5. The number of benzene rings is 2. The SMILES string of the molecule is CCN(CC(=O)Nc1ccc(N(CC)C(C)C)cc1)Cc1ccc2c(c1)OCO2. The molecule has 1 amide bonds. The minimum atomic E-state index is -0.0171. The van der Waals surface area contributed by atoms with E-state index in [4.69, 9.17) is 9.47 Å². The highest BCUT2D eigenvalue weighted by molar-refractivity contribution is 5.92. The molecule has 0 atom stereocenters. The third kappa shape index (κ3) is 5.41. The number of fused-ring (bicyclic) bond motifs is 1. The van der Waals surface area contributed by atoms with Crippen LogP contribution in [0.1, 0.15) is 33.3 Å². The molecule has 0 fully saturated rings. The molecule has 0 saturated heterocycles. The van der Waals surface area contributed by atoms with E-state index < -0.39 is 0 Å². The summed E-state index contributed by atoms with van der Waals surface area (Å²) in [5.74, 6) is 1.53. The van der Waals surface area contributed by atoms with Crippen molar-refractivity contribution in [3.05, 3.63) is 48.0 Å². The predicted octanol–water partition coefficient (Wildman–Crippen LogP) is 4.11. The highest BCUT2D eigenvalue weighted by atomic mass is 16.7. The average Bonchev–Trinajstić information content (AvgIpc) is 3.17. The molecule has 3 rings (SSSR count). The highest BCUT2D eigenvalue weighted by Crippen LogP contribution is 2.32. The number of hydrogen-bond donors (Lipinski definition) is 1. The van der Waals surface area contributed by atoms with Crippen molar-refractivity contribution in [2.75, 3.05) is 36.6 Å². The van der Waals surface area contributed by atoms with Gasteiger partial charge in [-0.05, 0) is 69.3 Å². The summed E-state index contributed by atoms with van der Waals surface area (Å²) in [5, 5.41) is 3.00. The number of carbonyl (C=O) groups is 1. The van der Waals surface area contributed by atoms with Crippen molar-refractivity contribution in [3.8, 4) is 11.5 Å². The number of amides is 1. The second-order valence-electron chi connectivity index (χ2n) is 7.47. The Balaban J connectivity index is 1.56. The van der Waals surface area contributed by atoms with Gasteiger partial charge in [0.25, 0.3) is 0 Å². The molecule has 156 valence electrons. The monoisotopic (exact) mass is 397 g/mol. The van der Waals surface area contributed by atoms with Crippen LogP contribution in [0.3, 0.4) is 0 Å². The Labute approximate surface area is 173 Å². The summed E-state index contributed by atoms with van der Waals surface area (Å²) in [6.45, 7) is 11.6. The van der Waals surface area contributed by atoms with Gasteiger partial charge in [0.05, 0.1) is 6.54 Å². The number of likely N-dealkylation sites (N-methyl/N-ethyl adjacent to an activating group) is 1. The topological polar surface area (TPSA) is 54.0 Å². The first-order chi connectivity index (χ1) is 14.0. The van der Waals surface area contributed by atoms with E-state index in [1.165, 1.54) is 5.69 Å². The molecule has 0 aromatic heterocycles. The van der Waals surface area contributed by atoms with Gasteiger partial charge in [-0.3, -0.25) is 9.69 Å². The van der Waals surface area contributed by atoms with Crippen molar-refractivity contribution in [1.29, 1.82) is 0 Å². The Kier molecular flexibility index (Phi) is 6.99. The van der Waals surface area contributed by atoms with Crippen LogP contribution in [0, 0.1) is 0 Å². The van der Waals surface area contributed by atoms with Crippen molar-refractivity contribution >= 4 is 17.3 Å². The summed E-state index contributed by atoms with van der Waals surface area (Å²) in [5.41, 5.74) is 3.08. The van der Waals surface area contributed by atoms with Gasteiger partial charge in [0.15, 0.2) is 11.5 Å². The third-order valence-corrected chi connectivity index (χ3v) is 5.10. The van der Waals surface area contributed by atoms with Crippen LogP contribution in [-0.4, -0.2) is 43.3 Å². The number of nitrogens with one attached hydrogen (secondary N) is 1. The van der Waals surface area contributed by atoms with Gasteiger partial charge in [-0.15, -0.1) is 0 Å². The molecule has 1 aliphatic rings. The molecule has 0 radical (unpaired) electrons. The Morgan fingerprint density at radius 3 is 2.41 bits per heavy atom. The lowest BCUT2D eigenvalue weighted by molar-refractivity contribution is -0.117. The van der Waals surface area contributed by atoms with Crippen molar-refractivity contribution in [1.82, 2.24) is 4.90 Å². The quantitative estimate of drug-likeness (QED) is 0.690. The van der Waals surface area contributed by atoms with Gasteiger partial charge < -0.3 is 19.7 Å². The molecule has 1 aliphatic heterocycles. The van der Waals surface area contributed by atoms with Crippen molar-refractivity contribution < 1.29 is 14.3 Å². The number of rotatable bonds is 9. The number of anilines is 2. The Bertz CT molecular complexity index is 821. The van der Waals surface area contributed by atoms with Gasteiger partial charge in [0, 0.05) is 30.5 Å². The normalized spacial score (nSPS) is 12.5. The summed E-state index contributed by atoms with van der Waals surface area (Å²) in [7, 11) is 0. The van der Waals surface area contributed by atoms with Crippen LogP contribution in [0.5, 0.6) is 11.5 Å². The summed E-state index contributed by atoms with van der Waals surface area (Å²) in [6.07, 6.45) is 0. The molecule has 1 heterocycles. The molecule has 29 heavy (non-hydrogen) atoms. The first kappa shape index (κ1) is 21.0. The molecular formula is C23H31N3O3. The molecule has 6 nitrogen and oxygen atoms in total. The number of carbonyl (C=O) groups excluding carboxylic acids is 1. The lowest BCUT2D eigenvalue weighted by atomic mass is 10.2. The van der Waals surface area contributed by atoms with Gasteiger partial charge in [0.1, 0.15) is 0 Å². The lowest BCUT2D eigenvalue weighted by Gasteiger charge is -2.27. The maximum absolute atomic E-state index is 12.5. The van der Waals surface area contributed by atoms with Gasteiger partial charge >= 0.3 is 0 Å². The van der Waals surface area contributed by atoms with E-state index in [0.717, 1.165) is 35.8 Å². The van der Waals surface area contributed by atoms with Crippen LogP contribution in [0.15, 0.2) is 42.5 Å². The summed E-state index contributed by atoms with van der Waals surface area (Å²) in [6, 6.07) is 14.4. The van der Waals surface area contributed by atoms with Crippen LogP contribution in [-0.2, 0) is 11.3 Å². The van der Waals surface area contributed by atoms with E-state index in [2.05, 4.69) is 54.9 Å². The fourth-order valence-corrected chi connectivity index (χ4v) is 3.56. The molecule has 0 spiro atoms. The molecule has 2 aromatic rings. The van der Waals surface area contributed by atoms with Gasteiger partial charge in [-0.1, -0.05) is 13.0 Å². The van der Waals surface area contributed by atoms with E-state index in [1.54, 1.807) is 0 Å². The lowest BCUT2D eigenvalue weighted by Crippen LogP contribution is -2.32. The van der Waals surface area contributed by atoms with Crippen LogP contribution in [0.2, 0.25) is 0 Å². The molecule has 1 N–H and O–H groups in total. The van der Waals surface area contributed by atoms with E-state index in [9.17, 15) is 4.79 Å². The summed E-state index contributed by atoms with van der Waals surface area (Å²) < 4.78 is 10.8. The molecule has 0 aliphatic carbocycles. The average molecular weight is 398 g/mol. The first-order valence-electron chi connectivity index (χ1n) is 10.3. The zero-order valence-corrected chi connectivity index (χ0v) is 17.8. The fraction of sp³-hybridized carbons (Fsp3) is 0.435. The Morgan fingerprint density at radius 2 is 1.76 bits per heavy atom. The predicted molar refractivity (Wildman–Crippen MR) is 117 cm³/mol. The van der Waals surface area contributed by atoms with Crippen LogP contribution >= 0.6 is 0 Å². The van der Waals surface area contributed by atoms with Gasteiger partial charge in [-0.2, -0.15) is 0 Å². The van der Waals surface area contributed by atoms with Gasteiger partial charge in [0.2, 0.25) is 12.7 Å². The zero-order valence-electron chi connectivity index (χ0n) is 17.8. The maximum atomic E-state index is 12.5.